The molecule has 0 aliphatic carbocycles. The number of para-hydroxylation sites is 2. The molecule has 2 saturated heterocycles. The molecule has 10 heteroatoms. The number of hydrogen-bond acceptors (Lipinski definition) is 5. The Kier molecular flexibility index (Phi) is 10.7. The minimum atomic E-state index is -5.08. The highest BCUT2D eigenvalue weighted by atomic mass is 19.4. The minimum Gasteiger partial charge on any atom is -0.494 e. The molecule has 7 nitrogen and oxygen atoms in total. The van der Waals surface area contributed by atoms with Gasteiger partial charge < -0.3 is 19.5 Å². The summed E-state index contributed by atoms with van der Waals surface area (Å²) in [5.74, 6) is -0.181. The van der Waals surface area contributed by atoms with Crippen molar-refractivity contribution >= 4 is 11.9 Å². The molecule has 1 spiro atoms. The van der Waals surface area contributed by atoms with E-state index in [4.69, 9.17) is 19.4 Å². The molecule has 1 amide bonds. The minimum absolute atomic E-state index is 0.105. The first-order valence-electron chi connectivity index (χ1n) is 14.4. The van der Waals surface area contributed by atoms with Gasteiger partial charge in [0, 0.05) is 30.8 Å². The Morgan fingerprint density at radius 3 is 2.05 bits per heavy atom. The number of amides is 1. The molecule has 2 fully saturated rings. The second kappa shape index (κ2) is 14.4. The van der Waals surface area contributed by atoms with Gasteiger partial charge in [-0.25, -0.2) is 4.79 Å². The highest BCUT2D eigenvalue weighted by Crippen LogP contribution is 2.42. The first-order chi connectivity index (χ1) is 20.6. The van der Waals surface area contributed by atoms with Crippen molar-refractivity contribution < 1.29 is 37.3 Å². The van der Waals surface area contributed by atoms with E-state index in [1.807, 2.05) is 72.5 Å². The van der Waals surface area contributed by atoms with Crippen LogP contribution in [-0.4, -0.2) is 65.7 Å². The van der Waals surface area contributed by atoms with Crippen molar-refractivity contribution in [1.29, 1.82) is 0 Å². The van der Waals surface area contributed by atoms with Crippen molar-refractivity contribution in [3.05, 3.63) is 90.0 Å². The summed E-state index contributed by atoms with van der Waals surface area (Å²) in [6, 6.07) is 25.6. The smallest absolute Gasteiger partial charge is 0.490 e. The average molecular weight is 599 g/mol. The monoisotopic (exact) mass is 598 g/mol. The third kappa shape index (κ3) is 8.97. The van der Waals surface area contributed by atoms with Crippen LogP contribution in [0.4, 0.5) is 13.2 Å². The van der Waals surface area contributed by atoms with Crippen LogP contribution < -0.4 is 9.47 Å². The predicted molar refractivity (Wildman–Crippen MR) is 156 cm³/mol. The Labute approximate surface area is 249 Å². The van der Waals surface area contributed by atoms with Gasteiger partial charge in [-0.3, -0.25) is 9.69 Å². The molecule has 5 rings (SSSR count). The number of rotatable bonds is 7. The fourth-order valence-corrected chi connectivity index (χ4v) is 5.54. The van der Waals surface area contributed by atoms with E-state index in [0.717, 1.165) is 57.1 Å². The number of likely N-dealkylation sites (tertiary alicyclic amines) is 2. The number of ether oxygens (including phenoxy) is 2. The van der Waals surface area contributed by atoms with E-state index in [2.05, 4.69) is 23.1 Å². The van der Waals surface area contributed by atoms with Gasteiger partial charge >= 0.3 is 12.1 Å². The number of hydrogen-bond donors (Lipinski definition) is 1. The second-order valence-corrected chi connectivity index (χ2v) is 10.9. The predicted octanol–water partition coefficient (Wildman–Crippen LogP) is 7.03. The molecule has 2 heterocycles. The Hall–Kier alpha value is -4.05. The Morgan fingerprint density at radius 1 is 0.837 bits per heavy atom. The van der Waals surface area contributed by atoms with Crippen molar-refractivity contribution in [2.24, 2.45) is 5.41 Å². The summed E-state index contributed by atoms with van der Waals surface area (Å²) in [5.41, 5.74) is 2.33. The van der Waals surface area contributed by atoms with E-state index < -0.39 is 12.1 Å². The fourth-order valence-electron chi connectivity index (χ4n) is 5.54. The van der Waals surface area contributed by atoms with Crippen LogP contribution in [0.5, 0.6) is 17.2 Å². The van der Waals surface area contributed by atoms with Crippen molar-refractivity contribution in [2.75, 3.05) is 32.8 Å². The average Bonchev–Trinajstić information content (AvgIpc) is 3.00. The summed E-state index contributed by atoms with van der Waals surface area (Å²) >= 11 is 0. The molecule has 3 aromatic rings. The lowest BCUT2D eigenvalue weighted by molar-refractivity contribution is -0.192. The maximum Gasteiger partial charge on any atom is 0.490 e. The Morgan fingerprint density at radius 2 is 1.42 bits per heavy atom. The number of halogens is 3. The SMILES string of the molecule is CCOc1ccccc1CN1CCC2(CC1)CCN(C(=O)c1cccc(Oc3ccccc3)c1)CC2.O=C(O)C(F)(F)F. The van der Waals surface area contributed by atoms with E-state index in [-0.39, 0.29) is 5.91 Å². The van der Waals surface area contributed by atoms with Crippen LogP contribution in [0, 0.1) is 5.41 Å². The summed E-state index contributed by atoms with van der Waals surface area (Å²) in [5, 5.41) is 7.12. The van der Waals surface area contributed by atoms with E-state index in [0.29, 0.717) is 23.3 Å². The number of nitrogens with zero attached hydrogens (tertiary/aromatic N) is 2. The molecule has 0 atom stereocenters. The molecule has 3 aromatic carbocycles. The van der Waals surface area contributed by atoms with Crippen molar-refractivity contribution in [3.8, 4) is 17.2 Å². The van der Waals surface area contributed by atoms with Gasteiger partial charge in [-0.2, -0.15) is 13.2 Å². The molecule has 0 saturated carbocycles. The van der Waals surface area contributed by atoms with Crippen molar-refractivity contribution in [3.63, 3.8) is 0 Å². The summed E-state index contributed by atoms with van der Waals surface area (Å²) in [4.78, 5) is 26.7. The molecular weight excluding hydrogens is 561 g/mol. The fraction of sp³-hybridized carbons (Fsp3) is 0.394. The molecule has 0 aromatic heterocycles. The maximum absolute atomic E-state index is 13.3. The molecule has 2 aliphatic rings. The highest BCUT2D eigenvalue weighted by Gasteiger charge is 2.39. The van der Waals surface area contributed by atoms with Gasteiger partial charge in [-0.1, -0.05) is 42.5 Å². The van der Waals surface area contributed by atoms with E-state index >= 15 is 0 Å². The molecular formula is C33H37F3N2O5. The number of benzene rings is 3. The zero-order valence-electron chi connectivity index (χ0n) is 24.2. The largest absolute Gasteiger partial charge is 0.494 e. The Balaban J connectivity index is 0.000000541. The second-order valence-electron chi connectivity index (χ2n) is 10.9. The van der Waals surface area contributed by atoms with Crippen LogP contribution in [0.2, 0.25) is 0 Å². The maximum atomic E-state index is 13.3. The molecule has 43 heavy (non-hydrogen) atoms. The standard InChI is InChI=1S/C31H36N2O3.C2HF3O2/c1-2-35-29-14-7-6-9-26(29)24-32-19-15-31(16-20-32)17-21-33(22-18-31)30(34)25-10-8-13-28(23-25)36-27-11-4-3-5-12-27;3-2(4,5)1(6)7/h3-14,23H,2,15-22,24H2,1H3;(H,6,7). The summed E-state index contributed by atoms with van der Waals surface area (Å²) < 4.78 is 43.5. The van der Waals surface area contributed by atoms with Gasteiger partial charge in [0.15, 0.2) is 0 Å². The third-order valence-electron chi connectivity index (χ3n) is 8.00. The lowest BCUT2D eigenvalue weighted by Gasteiger charge is -2.47. The third-order valence-corrected chi connectivity index (χ3v) is 8.00. The molecule has 1 N–H and O–H groups in total. The van der Waals surface area contributed by atoms with E-state index in [1.54, 1.807) is 0 Å². The number of carbonyl (C=O) groups is 2. The number of carboxylic acids is 1. The number of alkyl halides is 3. The van der Waals surface area contributed by atoms with Gasteiger partial charge in [0.25, 0.3) is 5.91 Å². The number of piperidine rings is 2. The molecule has 0 bridgehead atoms. The molecule has 2 aliphatic heterocycles. The topological polar surface area (TPSA) is 79.3 Å². The normalized spacial score (nSPS) is 16.6. The lowest BCUT2D eigenvalue weighted by Crippen LogP contribution is -2.48. The van der Waals surface area contributed by atoms with Crippen LogP contribution in [-0.2, 0) is 11.3 Å². The highest BCUT2D eigenvalue weighted by molar-refractivity contribution is 5.94. The quantitative estimate of drug-likeness (QED) is 0.315. The zero-order chi connectivity index (χ0) is 30.9. The van der Waals surface area contributed by atoms with Crippen LogP contribution in [0.1, 0.15) is 48.5 Å². The number of aliphatic carboxylic acids is 1. The van der Waals surface area contributed by atoms with Crippen LogP contribution in [0.25, 0.3) is 0 Å². The van der Waals surface area contributed by atoms with Crippen molar-refractivity contribution in [2.45, 2.75) is 45.3 Å². The van der Waals surface area contributed by atoms with E-state index in [1.165, 1.54) is 18.4 Å². The first kappa shape index (κ1) is 31.9. The number of carbonyl (C=O) groups excluding carboxylic acids is 1. The van der Waals surface area contributed by atoms with Crippen LogP contribution in [0.3, 0.4) is 0 Å². The Bertz CT molecular complexity index is 1350. The summed E-state index contributed by atoms with van der Waals surface area (Å²) in [6.45, 7) is 7.54. The van der Waals surface area contributed by atoms with Gasteiger partial charge in [0.1, 0.15) is 17.2 Å². The summed E-state index contributed by atoms with van der Waals surface area (Å²) in [6.07, 6.45) is -0.511. The molecule has 0 unspecified atom stereocenters. The molecule has 0 radical (unpaired) electrons. The van der Waals surface area contributed by atoms with Gasteiger partial charge in [0.2, 0.25) is 0 Å². The van der Waals surface area contributed by atoms with Gasteiger partial charge in [-0.15, -0.1) is 0 Å². The number of carboxylic acid groups (broad SMARTS) is 1. The van der Waals surface area contributed by atoms with Crippen LogP contribution >= 0.6 is 0 Å². The zero-order valence-corrected chi connectivity index (χ0v) is 24.2. The lowest BCUT2D eigenvalue weighted by atomic mass is 9.71. The molecule has 230 valence electrons. The van der Waals surface area contributed by atoms with E-state index in [9.17, 15) is 18.0 Å². The van der Waals surface area contributed by atoms with Gasteiger partial charge in [0.05, 0.1) is 6.61 Å². The summed E-state index contributed by atoms with van der Waals surface area (Å²) in [7, 11) is 0. The van der Waals surface area contributed by atoms with Gasteiger partial charge in [-0.05, 0) is 87.5 Å². The van der Waals surface area contributed by atoms with Crippen LogP contribution in [0.15, 0.2) is 78.9 Å². The first-order valence-corrected chi connectivity index (χ1v) is 14.4. The van der Waals surface area contributed by atoms with Crippen molar-refractivity contribution in [1.82, 2.24) is 9.80 Å².